The van der Waals surface area contributed by atoms with Gasteiger partial charge in [0.1, 0.15) is 6.54 Å². The summed E-state index contributed by atoms with van der Waals surface area (Å²) in [5.74, 6) is -0.226. The molecular weight excluding hydrogens is 439 g/mol. The van der Waals surface area contributed by atoms with Crippen LogP contribution < -0.4 is 0 Å². The number of hydrogen-bond donors (Lipinski definition) is 0. The second-order valence-corrected chi connectivity index (χ2v) is 8.56. The van der Waals surface area contributed by atoms with Crippen molar-refractivity contribution in [2.24, 2.45) is 5.92 Å². The molecule has 0 spiro atoms. The summed E-state index contributed by atoms with van der Waals surface area (Å²) in [5.41, 5.74) is 0. The quantitative estimate of drug-likeness (QED) is 0.663. The highest BCUT2D eigenvalue weighted by molar-refractivity contribution is 9.11. The molecule has 0 aliphatic rings. The molecule has 0 amide bonds. The average molecular weight is 453 g/mol. The number of nitrogens with zero attached hydrogens (tertiary/aromatic N) is 1. The van der Waals surface area contributed by atoms with Gasteiger partial charge in [0.15, 0.2) is 0 Å². The highest BCUT2D eigenvalue weighted by Crippen LogP contribution is 2.30. The molecule has 0 fully saturated rings. The predicted octanol–water partition coefficient (Wildman–Crippen LogP) is 4.42. The third kappa shape index (κ3) is 5.54. The molecule has 0 aliphatic heterocycles. The zero-order valence-electron chi connectivity index (χ0n) is 11.3. The van der Waals surface area contributed by atoms with Crippen LogP contribution in [-0.2, 0) is 10.0 Å². The lowest BCUT2D eigenvalue weighted by molar-refractivity contribution is -0.136. The molecular formula is C12H14Br2F3NO2S. The van der Waals surface area contributed by atoms with Gasteiger partial charge in [0.25, 0.3) is 0 Å². The zero-order chi connectivity index (χ0) is 16.4. The van der Waals surface area contributed by atoms with E-state index in [2.05, 4.69) is 31.9 Å². The molecule has 0 heterocycles. The van der Waals surface area contributed by atoms with Crippen LogP contribution in [0.2, 0.25) is 0 Å². The van der Waals surface area contributed by atoms with Crippen LogP contribution in [0.4, 0.5) is 13.2 Å². The number of halogens is 5. The van der Waals surface area contributed by atoms with Gasteiger partial charge < -0.3 is 0 Å². The van der Waals surface area contributed by atoms with Gasteiger partial charge in [-0.1, -0.05) is 29.8 Å². The lowest BCUT2D eigenvalue weighted by Gasteiger charge is -2.25. The third-order valence-corrected chi connectivity index (χ3v) is 5.72. The maximum Gasteiger partial charge on any atom is 0.402 e. The van der Waals surface area contributed by atoms with Crippen molar-refractivity contribution in [2.45, 2.75) is 24.9 Å². The summed E-state index contributed by atoms with van der Waals surface area (Å²) < 4.78 is 64.1. The molecule has 0 aromatic heterocycles. The van der Waals surface area contributed by atoms with E-state index in [4.69, 9.17) is 0 Å². The van der Waals surface area contributed by atoms with Gasteiger partial charge in [-0.05, 0) is 40.0 Å². The lowest BCUT2D eigenvalue weighted by Crippen LogP contribution is -2.41. The standard InChI is InChI=1S/C12H14Br2F3NO2S/c1-8(2)6-18(7-12(15,16)17)21(19,20)11-4-3-9(13)5-10(11)14/h3-5,8H,6-7H2,1-2H3. The number of rotatable bonds is 5. The van der Waals surface area contributed by atoms with Gasteiger partial charge in [0, 0.05) is 15.5 Å². The highest BCUT2D eigenvalue weighted by Gasteiger charge is 2.37. The molecule has 1 aromatic carbocycles. The van der Waals surface area contributed by atoms with E-state index in [1.807, 2.05) is 0 Å². The molecule has 0 atom stereocenters. The minimum atomic E-state index is -4.59. The number of alkyl halides is 3. The first-order valence-corrected chi connectivity index (χ1v) is 8.98. The van der Waals surface area contributed by atoms with Crippen molar-refractivity contribution in [3.05, 3.63) is 27.1 Å². The lowest BCUT2D eigenvalue weighted by atomic mass is 10.2. The van der Waals surface area contributed by atoms with Crippen molar-refractivity contribution in [2.75, 3.05) is 13.1 Å². The Kier molecular flexibility index (Phi) is 6.28. The van der Waals surface area contributed by atoms with Crippen LogP contribution in [-0.4, -0.2) is 32.0 Å². The normalized spacial score (nSPS) is 13.2. The molecule has 120 valence electrons. The van der Waals surface area contributed by atoms with Crippen LogP contribution >= 0.6 is 31.9 Å². The van der Waals surface area contributed by atoms with E-state index in [-0.39, 0.29) is 21.8 Å². The van der Waals surface area contributed by atoms with Crippen molar-refractivity contribution in [1.29, 1.82) is 0 Å². The van der Waals surface area contributed by atoms with Crippen LogP contribution in [0.3, 0.4) is 0 Å². The Morgan fingerprint density at radius 1 is 1.24 bits per heavy atom. The van der Waals surface area contributed by atoms with Crippen LogP contribution in [0.25, 0.3) is 0 Å². The maximum atomic E-state index is 12.6. The summed E-state index contributed by atoms with van der Waals surface area (Å²) in [6.07, 6.45) is -4.59. The molecule has 0 radical (unpaired) electrons. The summed E-state index contributed by atoms with van der Waals surface area (Å²) in [6, 6.07) is 4.22. The van der Waals surface area contributed by atoms with Gasteiger partial charge in [-0.2, -0.15) is 17.5 Å². The fraction of sp³-hybridized carbons (Fsp3) is 0.500. The molecule has 0 saturated carbocycles. The van der Waals surface area contributed by atoms with Gasteiger partial charge in [0.2, 0.25) is 10.0 Å². The van der Waals surface area contributed by atoms with Crippen molar-refractivity contribution < 1.29 is 21.6 Å². The SMILES string of the molecule is CC(C)CN(CC(F)(F)F)S(=O)(=O)c1ccc(Br)cc1Br. The Bertz CT molecular complexity index is 603. The Morgan fingerprint density at radius 3 is 2.24 bits per heavy atom. The summed E-state index contributed by atoms with van der Waals surface area (Å²) in [5, 5.41) is 0. The van der Waals surface area contributed by atoms with E-state index < -0.39 is 22.7 Å². The van der Waals surface area contributed by atoms with Gasteiger partial charge in [-0.15, -0.1) is 0 Å². The van der Waals surface area contributed by atoms with E-state index in [9.17, 15) is 21.6 Å². The Labute approximate surface area is 138 Å². The summed E-state index contributed by atoms with van der Waals surface area (Å²) in [4.78, 5) is -0.185. The van der Waals surface area contributed by atoms with Crippen molar-refractivity contribution in [3.63, 3.8) is 0 Å². The van der Waals surface area contributed by atoms with E-state index in [0.717, 1.165) is 0 Å². The predicted molar refractivity (Wildman–Crippen MR) is 81.5 cm³/mol. The monoisotopic (exact) mass is 451 g/mol. The van der Waals surface area contributed by atoms with Crippen LogP contribution in [0.1, 0.15) is 13.8 Å². The number of hydrogen-bond acceptors (Lipinski definition) is 2. The Hall–Kier alpha value is -0.120. The second kappa shape index (κ2) is 6.97. The van der Waals surface area contributed by atoms with Gasteiger partial charge in [0.05, 0.1) is 4.90 Å². The first kappa shape index (κ1) is 18.9. The fourth-order valence-corrected chi connectivity index (χ4v) is 4.97. The molecule has 21 heavy (non-hydrogen) atoms. The summed E-state index contributed by atoms with van der Waals surface area (Å²) in [7, 11) is -4.23. The molecule has 0 N–H and O–H groups in total. The smallest absolute Gasteiger partial charge is 0.207 e. The minimum absolute atomic E-state index is 0.185. The van der Waals surface area contributed by atoms with Crippen molar-refractivity contribution in [1.82, 2.24) is 4.31 Å². The molecule has 3 nitrogen and oxygen atoms in total. The average Bonchev–Trinajstić information content (AvgIpc) is 2.24. The first-order valence-electron chi connectivity index (χ1n) is 5.95. The number of benzene rings is 1. The topological polar surface area (TPSA) is 37.4 Å². The minimum Gasteiger partial charge on any atom is -0.207 e. The molecule has 0 unspecified atom stereocenters. The van der Waals surface area contributed by atoms with E-state index >= 15 is 0 Å². The number of sulfonamides is 1. The highest BCUT2D eigenvalue weighted by atomic mass is 79.9. The van der Waals surface area contributed by atoms with E-state index in [1.165, 1.54) is 18.2 Å². The van der Waals surface area contributed by atoms with Gasteiger partial charge in [-0.25, -0.2) is 8.42 Å². The van der Waals surface area contributed by atoms with Crippen LogP contribution in [0, 0.1) is 5.92 Å². The Morgan fingerprint density at radius 2 is 1.81 bits per heavy atom. The van der Waals surface area contributed by atoms with Crippen molar-refractivity contribution in [3.8, 4) is 0 Å². The maximum absolute atomic E-state index is 12.6. The largest absolute Gasteiger partial charge is 0.402 e. The molecule has 0 saturated heterocycles. The zero-order valence-corrected chi connectivity index (χ0v) is 15.3. The molecule has 1 aromatic rings. The fourth-order valence-electron chi connectivity index (χ4n) is 1.68. The van der Waals surface area contributed by atoms with Crippen LogP contribution in [0.5, 0.6) is 0 Å². The molecule has 9 heteroatoms. The van der Waals surface area contributed by atoms with Gasteiger partial charge in [-0.3, -0.25) is 0 Å². The molecule has 1 rings (SSSR count). The van der Waals surface area contributed by atoms with E-state index in [0.29, 0.717) is 8.78 Å². The second-order valence-electron chi connectivity index (χ2n) is 4.88. The molecule has 0 aliphatic carbocycles. The van der Waals surface area contributed by atoms with E-state index in [1.54, 1.807) is 13.8 Å². The Balaban J connectivity index is 3.26. The molecule has 0 bridgehead atoms. The third-order valence-electron chi connectivity index (χ3n) is 2.44. The van der Waals surface area contributed by atoms with Crippen molar-refractivity contribution >= 4 is 41.9 Å². The van der Waals surface area contributed by atoms with Gasteiger partial charge >= 0.3 is 6.18 Å². The first-order chi connectivity index (χ1) is 9.43. The summed E-state index contributed by atoms with van der Waals surface area (Å²) in [6.45, 7) is 1.62. The van der Waals surface area contributed by atoms with Crippen LogP contribution in [0.15, 0.2) is 32.0 Å². The summed E-state index contributed by atoms with van der Waals surface area (Å²) >= 11 is 6.25.